The van der Waals surface area contributed by atoms with E-state index >= 15 is 0 Å². The van der Waals surface area contributed by atoms with Crippen molar-refractivity contribution in [3.05, 3.63) is 40.5 Å². The predicted octanol–water partition coefficient (Wildman–Crippen LogP) is 4.13. The number of hydrogen-bond donors (Lipinski definition) is 1. The zero-order valence-electron chi connectivity index (χ0n) is 10.3. The fourth-order valence-corrected chi connectivity index (χ4v) is 2.74. The van der Waals surface area contributed by atoms with Crippen molar-refractivity contribution in [3.63, 3.8) is 0 Å². The fraction of sp³-hybridized carbons (Fsp3) is 0.231. The number of halogens is 1. The van der Waals surface area contributed by atoms with Gasteiger partial charge in [-0.05, 0) is 41.4 Å². The summed E-state index contributed by atoms with van der Waals surface area (Å²) in [5.41, 5.74) is 1.25. The van der Waals surface area contributed by atoms with Crippen LogP contribution in [0.15, 0.2) is 44.9 Å². The molecule has 0 radical (unpaired) electrons. The van der Waals surface area contributed by atoms with Gasteiger partial charge in [-0.3, -0.25) is 0 Å². The minimum atomic E-state index is 0.664. The molecule has 0 fully saturated rings. The van der Waals surface area contributed by atoms with Crippen molar-refractivity contribution < 1.29 is 0 Å². The summed E-state index contributed by atoms with van der Waals surface area (Å²) >= 11 is 5.13. The maximum Gasteiger partial charge on any atom is 0.223 e. The lowest BCUT2D eigenvalue weighted by atomic mass is 10.2. The quantitative estimate of drug-likeness (QED) is 0.858. The first-order chi connectivity index (χ1) is 8.70. The molecule has 1 heterocycles. The van der Waals surface area contributed by atoms with Crippen molar-refractivity contribution in [2.24, 2.45) is 0 Å². The Balaban J connectivity index is 2.28. The first kappa shape index (κ1) is 13.4. The van der Waals surface area contributed by atoms with E-state index in [1.165, 1.54) is 10.5 Å². The highest BCUT2D eigenvalue weighted by Gasteiger charge is 2.08. The SMILES string of the molecule is CCNc1ncc(Br)c(Sc2ccccc2C)n1. The molecule has 0 saturated heterocycles. The normalized spacial score (nSPS) is 10.4. The number of hydrogen-bond acceptors (Lipinski definition) is 4. The second-order valence-corrected chi connectivity index (χ2v) is 5.63. The van der Waals surface area contributed by atoms with E-state index in [-0.39, 0.29) is 0 Å². The van der Waals surface area contributed by atoms with Crippen LogP contribution in [0.1, 0.15) is 12.5 Å². The molecule has 1 aromatic heterocycles. The average Bonchev–Trinajstić information content (AvgIpc) is 2.36. The largest absolute Gasteiger partial charge is 0.354 e. The van der Waals surface area contributed by atoms with E-state index in [0.29, 0.717) is 5.95 Å². The van der Waals surface area contributed by atoms with Gasteiger partial charge >= 0.3 is 0 Å². The molecule has 0 aliphatic heterocycles. The summed E-state index contributed by atoms with van der Waals surface area (Å²) < 4.78 is 0.914. The Hall–Kier alpha value is -1.07. The smallest absolute Gasteiger partial charge is 0.223 e. The van der Waals surface area contributed by atoms with Gasteiger partial charge in [0.1, 0.15) is 5.03 Å². The van der Waals surface area contributed by atoms with Crippen molar-refractivity contribution >= 4 is 33.6 Å². The van der Waals surface area contributed by atoms with Gasteiger partial charge in [0.2, 0.25) is 5.95 Å². The van der Waals surface area contributed by atoms with Gasteiger partial charge in [-0.1, -0.05) is 30.0 Å². The van der Waals surface area contributed by atoms with Crippen molar-refractivity contribution in [2.45, 2.75) is 23.8 Å². The lowest BCUT2D eigenvalue weighted by molar-refractivity contribution is 0.998. The van der Waals surface area contributed by atoms with Crippen LogP contribution in [0.5, 0.6) is 0 Å². The van der Waals surface area contributed by atoms with Crippen LogP contribution < -0.4 is 5.32 Å². The van der Waals surface area contributed by atoms with Gasteiger partial charge in [0.05, 0.1) is 4.47 Å². The molecule has 0 amide bonds. The zero-order chi connectivity index (χ0) is 13.0. The molecule has 0 unspecified atom stereocenters. The highest BCUT2D eigenvalue weighted by Crippen LogP contribution is 2.33. The van der Waals surface area contributed by atoms with Crippen LogP contribution in [-0.2, 0) is 0 Å². The Kier molecular flexibility index (Phi) is 4.60. The van der Waals surface area contributed by atoms with Crippen LogP contribution in [0.2, 0.25) is 0 Å². The molecular weight excluding hydrogens is 310 g/mol. The average molecular weight is 324 g/mol. The summed E-state index contributed by atoms with van der Waals surface area (Å²) in [7, 11) is 0. The van der Waals surface area contributed by atoms with Gasteiger partial charge < -0.3 is 5.32 Å². The molecule has 1 N–H and O–H groups in total. The summed E-state index contributed by atoms with van der Waals surface area (Å²) in [6, 6.07) is 8.28. The van der Waals surface area contributed by atoms with Crippen molar-refractivity contribution in [1.29, 1.82) is 0 Å². The van der Waals surface area contributed by atoms with Gasteiger partial charge in [0, 0.05) is 17.6 Å². The van der Waals surface area contributed by atoms with E-state index in [1.807, 2.05) is 19.1 Å². The molecule has 5 heteroatoms. The van der Waals surface area contributed by atoms with Gasteiger partial charge in [-0.2, -0.15) is 0 Å². The van der Waals surface area contributed by atoms with Gasteiger partial charge in [0.25, 0.3) is 0 Å². The molecule has 0 saturated carbocycles. The standard InChI is InChI=1S/C13H14BrN3S/c1-3-15-13-16-8-10(14)12(17-13)18-11-7-5-4-6-9(11)2/h4-8H,3H2,1-2H3,(H,15,16,17). The molecule has 0 aliphatic carbocycles. The molecule has 0 atom stereocenters. The van der Waals surface area contributed by atoms with Gasteiger partial charge in [-0.15, -0.1) is 0 Å². The highest BCUT2D eigenvalue weighted by atomic mass is 79.9. The van der Waals surface area contributed by atoms with Crippen LogP contribution in [0.25, 0.3) is 0 Å². The maximum absolute atomic E-state index is 4.49. The molecule has 2 rings (SSSR count). The van der Waals surface area contributed by atoms with E-state index in [0.717, 1.165) is 16.0 Å². The molecular formula is C13H14BrN3S. The monoisotopic (exact) mass is 323 g/mol. The van der Waals surface area contributed by atoms with E-state index in [2.05, 4.69) is 50.3 Å². The topological polar surface area (TPSA) is 37.8 Å². The fourth-order valence-electron chi connectivity index (χ4n) is 1.44. The first-order valence-electron chi connectivity index (χ1n) is 5.70. The summed E-state index contributed by atoms with van der Waals surface area (Å²) in [5, 5.41) is 4.05. The molecule has 3 nitrogen and oxygen atoms in total. The molecule has 1 aromatic carbocycles. The number of anilines is 1. The lowest BCUT2D eigenvalue weighted by Crippen LogP contribution is -2.02. The van der Waals surface area contributed by atoms with Crippen LogP contribution in [0.4, 0.5) is 5.95 Å². The van der Waals surface area contributed by atoms with Crippen LogP contribution in [-0.4, -0.2) is 16.5 Å². The Labute approximate surface area is 120 Å². The van der Waals surface area contributed by atoms with Crippen LogP contribution in [0, 0.1) is 6.92 Å². The Morgan fingerprint density at radius 2 is 2.11 bits per heavy atom. The van der Waals surface area contributed by atoms with Crippen molar-refractivity contribution in [3.8, 4) is 0 Å². The number of nitrogens with one attached hydrogen (secondary N) is 1. The van der Waals surface area contributed by atoms with Crippen LogP contribution in [0.3, 0.4) is 0 Å². The molecule has 0 spiro atoms. The van der Waals surface area contributed by atoms with E-state index in [1.54, 1.807) is 18.0 Å². The van der Waals surface area contributed by atoms with Gasteiger partial charge in [0.15, 0.2) is 0 Å². The molecule has 0 aliphatic rings. The Morgan fingerprint density at radius 3 is 2.83 bits per heavy atom. The number of nitrogens with zero attached hydrogens (tertiary/aromatic N) is 2. The predicted molar refractivity (Wildman–Crippen MR) is 79.2 cm³/mol. The summed E-state index contributed by atoms with van der Waals surface area (Å²) in [6.45, 7) is 4.94. The van der Waals surface area contributed by atoms with E-state index in [9.17, 15) is 0 Å². The molecule has 94 valence electrons. The highest BCUT2D eigenvalue weighted by molar-refractivity contribution is 9.10. The number of aromatic nitrogens is 2. The third kappa shape index (κ3) is 3.23. The Morgan fingerprint density at radius 1 is 1.33 bits per heavy atom. The third-order valence-electron chi connectivity index (χ3n) is 2.35. The third-order valence-corrected chi connectivity index (χ3v) is 4.37. The number of benzene rings is 1. The maximum atomic E-state index is 4.49. The van der Waals surface area contributed by atoms with E-state index in [4.69, 9.17) is 0 Å². The molecule has 0 bridgehead atoms. The van der Waals surface area contributed by atoms with Crippen molar-refractivity contribution in [1.82, 2.24) is 9.97 Å². The van der Waals surface area contributed by atoms with Crippen LogP contribution >= 0.6 is 27.7 Å². The molecule has 18 heavy (non-hydrogen) atoms. The minimum absolute atomic E-state index is 0.664. The Bertz CT molecular complexity index is 546. The summed E-state index contributed by atoms with van der Waals surface area (Å²) in [5.74, 6) is 0.664. The van der Waals surface area contributed by atoms with E-state index < -0.39 is 0 Å². The summed E-state index contributed by atoms with van der Waals surface area (Å²) in [6.07, 6.45) is 1.78. The second kappa shape index (κ2) is 6.20. The summed E-state index contributed by atoms with van der Waals surface area (Å²) in [4.78, 5) is 9.91. The zero-order valence-corrected chi connectivity index (χ0v) is 12.7. The number of aryl methyl sites for hydroxylation is 1. The molecule has 2 aromatic rings. The van der Waals surface area contributed by atoms with Gasteiger partial charge in [-0.25, -0.2) is 9.97 Å². The van der Waals surface area contributed by atoms with Crippen molar-refractivity contribution in [2.75, 3.05) is 11.9 Å². The first-order valence-corrected chi connectivity index (χ1v) is 7.31. The minimum Gasteiger partial charge on any atom is -0.354 e. The lowest BCUT2D eigenvalue weighted by Gasteiger charge is -2.08. The number of rotatable bonds is 4. The second-order valence-electron chi connectivity index (χ2n) is 3.74.